The van der Waals surface area contributed by atoms with E-state index in [1.807, 2.05) is 0 Å². The van der Waals surface area contributed by atoms with Crippen molar-refractivity contribution in [1.82, 2.24) is 0 Å². The molecule has 344 valence electrons. The molecule has 0 aromatic carbocycles. The zero-order chi connectivity index (χ0) is 40.1. The second kappa shape index (κ2) is 52.0. The fourth-order valence-electron chi connectivity index (χ4n) is 8.33. The van der Waals surface area contributed by atoms with Gasteiger partial charge < -0.3 is 42.9 Å². The fourth-order valence-corrected chi connectivity index (χ4v) is 8.33. The molecule has 0 rings (SSSR count). The van der Waals surface area contributed by atoms with Gasteiger partial charge in [0, 0.05) is 0 Å². The van der Waals surface area contributed by atoms with Crippen LogP contribution in [-0.4, -0.2) is 63.3 Å². The monoisotopic (exact) mass is 923 g/mol. The van der Waals surface area contributed by atoms with Gasteiger partial charge in [0.25, 0.3) is 0 Å². The highest BCUT2D eigenvalue weighted by molar-refractivity contribution is 4.52. The normalized spacial score (nSPS) is 11.6. The summed E-state index contributed by atoms with van der Waals surface area (Å²) < 4.78 is 2.49. The van der Waals surface area contributed by atoms with Crippen molar-refractivity contribution < 1.29 is 42.9 Å². The second-order valence-electron chi connectivity index (χ2n) is 19.5. The molecular weight excluding hydrogens is 812 g/mol. The summed E-state index contributed by atoms with van der Waals surface area (Å²) in [6.07, 6.45) is 58.0. The fraction of sp³-hybridized carbons (Fsp3) is 1.00. The third-order valence-electron chi connectivity index (χ3n) is 12.5. The van der Waals surface area contributed by atoms with Crippen molar-refractivity contribution in [2.45, 2.75) is 285 Å². The van der Waals surface area contributed by atoms with E-state index in [4.69, 9.17) is 0 Å². The molecule has 0 saturated heterocycles. The predicted molar refractivity (Wildman–Crippen MR) is 251 cm³/mol. The van der Waals surface area contributed by atoms with Gasteiger partial charge in [-0.2, -0.15) is 0 Å². The quantitative estimate of drug-likeness (QED) is 0.0422. The van der Waals surface area contributed by atoms with Gasteiger partial charge >= 0.3 is 0 Å². The van der Waals surface area contributed by atoms with E-state index < -0.39 is 0 Å². The van der Waals surface area contributed by atoms with Crippen molar-refractivity contribution in [2.75, 3.05) is 54.4 Å². The first kappa shape index (κ1) is 63.5. The van der Waals surface area contributed by atoms with Crippen LogP contribution in [0.15, 0.2) is 0 Å². The minimum Gasteiger partial charge on any atom is -1.00 e. The van der Waals surface area contributed by atoms with Gasteiger partial charge in [-0.3, -0.25) is 0 Å². The van der Waals surface area contributed by atoms with E-state index in [9.17, 15) is 0 Å². The highest BCUT2D eigenvalue weighted by Crippen LogP contribution is 2.16. The number of unbranched alkanes of at least 4 members (excludes halogenated alkanes) is 36. The van der Waals surface area contributed by atoms with E-state index >= 15 is 0 Å². The van der Waals surface area contributed by atoms with E-state index in [0.717, 1.165) is 0 Å². The molecule has 0 N–H and O–H groups in total. The molecule has 0 aliphatic carbocycles. The van der Waals surface area contributed by atoms with Crippen LogP contribution >= 0.6 is 0 Å². The lowest BCUT2D eigenvalue weighted by Gasteiger charge is -2.30. The minimum absolute atomic E-state index is 0. The summed E-state index contributed by atoms with van der Waals surface area (Å²) in [5, 5.41) is 0. The van der Waals surface area contributed by atoms with Crippen molar-refractivity contribution in [3.05, 3.63) is 0 Å². The lowest BCUT2D eigenvalue weighted by atomic mass is 10.1. The molecule has 0 aromatic rings. The molecule has 0 aliphatic heterocycles. The van der Waals surface area contributed by atoms with Crippen LogP contribution in [-0.2, 0) is 0 Å². The highest BCUT2D eigenvalue weighted by atomic mass is 79.9. The Morgan fingerprint density at radius 1 is 0.179 bits per heavy atom. The minimum atomic E-state index is 0. The summed E-state index contributed by atoms with van der Waals surface area (Å²) in [6.45, 7) is 14.7. The molecule has 0 spiro atoms. The first-order valence-corrected chi connectivity index (χ1v) is 25.9. The molecule has 0 radical (unpaired) electrons. The number of quaternary nitrogens is 2. The standard InChI is InChI=1S/2C26H56N.2BrH/c2*1-5-7-9-11-13-15-17-19-21-23-25-27(3,4)26-24-22-20-18-16-14-12-10-8-6-2;;/h2*5-26H2,1-4H3;2*1H/q2*+1;;/p-2. The Morgan fingerprint density at radius 3 is 0.411 bits per heavy atom. The topological polar surface area (TPSA) is 0 Å². The molecule has 56 heavy (non-hydrogen) atoms. The van der Waals surface area contributed by atoms with Gasteiger partial charge in [0.1, 0.15) is 0 Å². The molecule has 0 fully saturated rings. The molecule has 0 aliphatic rings. The largest absolute Gasteiger partial charge is 1.00 e. The van der Waals surface area contributed by atoms with Gasteiger partial charge in [0.05, 0.1) is 54.4 Å². The summed E-state index contributed by atoms with van der Waals surface area (Å²) >= 11 is 0. The maximum Gasteiger partial charge on any atom is 0.0782 e. The second-order valence-corrected chi connectivity index (χ2v) is 19.5. The lowest BCUT2D eigenvalue weighted by Crippen LogP contribution is -3.00. The number of nitrogens with zero attached hydrogens (tertiary/aromatic N) is 2. The molecule has 0 heterocycles. The SMILES string of the molecule is CCCCCCCCCCCC[N+](C)(C)CCCCCCCCCCCC.CCCCCCCCCCCC[N+](C)(C)CCCCCCCCCCCC.[Br-].[Br-]. The molecule has 0 atom stereocenters. The van der Waals surface area contributed by atoms with Crippen LogP contribution in [0, 0.1) is 0 Å². The summed E-state index contributed by atoms with van der Waals surface area (Å²) in [5.74, 6) is 0. The predicted octanol–water partition coefficient (Wildman–Crippen LogP) is 11.8. The maximum atomic E-state index is 2.45. The molecule has 0 amide bonds. The van der Waals surface area contributed by atoms with E-state index in [1.54, 1.807) is 0 Å². The Morgan fingerprint density at radius 2 is 0.286 bits per heavy atom. The van der Waals surface area contributed by atoms with E-state index in [-0.39, 0.29) is 34.0 Å². The van der Waals surface area contributed by atoms with Gasteiger partial charge in [-0.25, -0.2) is 0 Å². The van der Waals surface area contributed by atoms with Gasteiger partial charge in [-0.15, -0.1) is 0 Å². The van der Waals surface area contributed by atoms with Crippen molar-refractivity contribution in [1.29, 1.82) is 0 Å². The van der Waals surface area contributed by atoms with E-state index in [0.29, 0.717) is 0 Å². The third kappa shape index (κ3) is 57.0. The van der Waals surface area contributed by atoms with Crippen LogP contribution in [0.2, 0.25) is 0 Å². The molecule has 0 bridgehead atoms. The number of hydrogen-bond donors (Lipinski definition) is 0. The zero-order valence-electron chi connectivity index (χ0n) is 40.8. The summed E-state index contributed by atoms with van der Waals surface area (Å²) in [4.78, 5) is 0. The zero-order valence-corrected chi connectivity index (χ0v) is 43.9. The molecule has 2 nitrogen and oxygen atoms in total. The van der Waals surface area contributed by atoms with Gasteiger partial charge in [-0.1, -0.05) is 233 Å². The molecule has 0 unspecified atom stereocenters. The number of hydrogen-bond acceptors (Lipinski definition) is 0. The molecule has 0 aromatic heterocycles. The van der Waals surface area contributed by atoms with Crippen LogP contribution < -0.4 is 34.0 Å². The number of halogens is 2. The smallest absolute Gasteiger partial charge is 0.0782 e. The van der Waals surface area contributed by atoms with Crippen molar-refractivity contribution in [3.63, 3.8) is 0 Å². The number of rotatable bonds is 44. The average Bonchev–Trinajstić information content (AvgIpc) is 3.15. The van der Waals surface area contributed by atoms with Crippen LogP contribution in [0.4, 0.5) is 0 Å². The Kier molecular flexibility index (Phi) is 59.0. The maximum absolute atomic E-state index is 2.45. The van der Waals surface area contributed by atoms with Crippen LogP contribution in [0.3, 0.4) is 0 Å². The van der Waals surface area contributed by atoms with Gasteiger partial charge in [-0.05, 0) is 51.4 Å². The van der Waals surface area contributed by atoms with Gasteiger partial charge in [0.15, 0.2) is 0 Å². The average molecular weight is 925 g/mol. The van der Waals surface area contributed by atoms with Crippen molar-refractivity contribution >= 4 is 0 Å². The summed E-state index contributed by atoms with van der Waals surface area (Å²) in [5.41, 5.74) is 0. The van der Waals surface area contributed by atoms with Gasteiger partial charge in [0.2, 0.25) is 0 Å². The first-order valence-electron chi connectivity index (χ1n) is 25.9. The van der Waals surface area contributed by atoms with Crippen molar-refractivity contribution in [2.24, 2.45) is 0 Å². The highest BCUT2D eigenvalue weighted by Gasteiger charge is 2.14. The lowest BCUT2D eigenvalue weighted by molar-refractivity contribution is -0.890. The Labute approximate surface area is 379 Å². The Hall–Kier alpha value is 0.880. The Balaban J connectivity index is -0.000000466. The van der Waals surface area contributed by atoms with E-state index in [1.165, 1.54) is 292 Å². The summed E-state index contributed by atoms with van der Waals surface area (Å²) in [7, 11) is 9.78. The molecule has 4 heteroatoms. The Bertz CT molecular complexity index is 559. The first-order chi connectivity index (χ1) is 26.2. The van der Waals surface area contributed by atoms with E-state index in [2.05, 4.69) is 55.9 Å². The molecular formula is C52H112Br2N2. The van der Waals surface area contributed by atoms with Crippen molar-refractivity contribution in [3.8, 4) is 0 Å². The third-order valence-corrected chi connectivity index (χ3v) is 12.5. The van der Waals surface area contributed by atoms with Crippen LogP contribution in [0.5, 0.6) is 0 Å². The summed E-state index contributed by atoms with van der Waals surface area (Å²) in [6, 6.07) is 0. The van der Waals surface area contributed by atoms with Crippen LogP contribution in [0.1, 0.15) is 285 Å². The molecule has 0 saturated carbocycles. The van der Waals surface area contributed by atoms with Crippen LogP contribution in [0.25, 0.3) is 0 Å².